The molecule has 0 heterocycles. The van der Waals surface area contributed by atoms with Crippen molar-refractivity contribution in [3.63, 3.8) is 0 Å². The van der Waals surface area contributed by atoms with E-state index in [-0.39, 0.29) is 23.1 Å². The highest BCUT2D eigenvalue weighted by atomic mass is 19.1. The highest BCUT2D eigenvalue weighted by Gasteiger charge is 2.20. The molecule has 0 saturated heterocycles. The Balaban J connectivity index is 2.76. The molecule has 6 nitrogen and oxygen atoms in total. The summed E-state index contributed by atoms with van der Waals surface area (Å²) < 4.78 is 13.8. The number of halogens is 1. The molecule has 1 aromatic rings. The van der Waals surface area contributed by atoms with E-state index in [1.54, 1.807) is 0 Å². The SMILES string of the molecule is CCC(C)NC(=O)C(C)NC(=O)c1ccc(C(=O)O)cc1F. The zero-order chi connectivity index (χ0) is 16.9. The standard InChI is InChI=1S/C15H19FN2O4/c1-4-8(2)17-13(19)9(3)18-14(20)11-6-5-10(15(21)22)7-12(11)16/h5-9H,4H2,1-3H3,(H,17,19)(H,18,20)(H,21,22). The third-order valence-electron chi connectivity index (χ3n) is 3.20. The molecule has 2 atom stereocenters. The minimum absolute atomic E-state index is 0.0292. The van der Waals surface area contributed by atoms with Gasteiger partial charge < -0.3 is 15.7 Å². The molecule has 0 radical (unpaired) electrons. The number of hydrogen-bond donors (Lipinski definition) is 3. The zero-order valence-corrected chi connectivity index (χ0v) is 12.6. The Morgan fingerprint density at radius 1 is 1.23 bits per heavy atom. The van der Waals surface area contributed by atoms with Crippen LogP contribution in [0.3, 0.4) is 0 Å². The Kier molecular flexibility index (Phi) is 6.03. The van der Waals surface area contributed by atoms with Crippen LogP contribution in [0.5, 0.6) is 0 Å². The molecule has 1 rings (SSSR count). The van der Waals surface area contributed by atoms with Crippen LogP contribution in [0.4, 0.5) is 4.39 Å². The maximum Gasteiger partial charge on any atom is 0.335 e. The number of nitrogens with one attached hydrogen (secondary N) is 2. The van der Waals surface area contributed by atoms with Crippen LogP contribution in [-0.4, -0.2) is 35.0 Å². The minimum Gasteiger partial charge on any atom is -0.478 e. The molecule has 2 amide bonds. The number of carbonyl (C=O) groups is 3. The predicted octanol–water partition coefficient (Wildman–Crippen LogP) is 1.56. The fourth-order valence-corrected chi connectivity index (χ4v) is 1.64. The molecule has 3 N–H and O–H groups in total. The lowest BCUT2D eigenvalue weighted by Gasteiger charge is -2.17. The molecular formula is C15H19FN2O4. The summed E-state index contributed by atoms with van der Waals surface area (Å²) in [6, 6.07) is 2.11. The molecule has 0 aromatic heterocycles. The lowest BCUT2D eigenvalue weighted by Crippen LogP contribution is -2.47. The first-order valence-corrected chi connectivity index (χ1v) is 6.90. The third kappa shape index (κ3) is 4.54. The number of benzene rings is 1. The van der Waals surface area contributed by atoms with E-state index in [1.165, 1.54) is 6.92 Å². The van der Waals surface area contributed by atoms with E-state index in [4.69, 9.17) is 5.11 Å². The molecule has 0 aliphatic heterocycles. The van der Waals surface area contributed by atoms with Crippen molar-refractivity contribution >= 4 is 17.8 Å². The van der Waals surface area contributed by atoms with Gasteiger partial charge >= 0.3 is 5.97 Å². The van der Waals surface area contributed by atoms with Crippen LogP contribution in [0.1, 0.15) is 47.9 Å². The first kappa shape index (κ1) is 17.6. The van der Waals surface area contributed by atoms with E-state index in [2.05, 4.69) is 10.6 Å². The zero-order valence-electron chi connectivity index (χ0n) is 12.6. The summed E-state index contributed by atoms with van der Waals surface area (Å²) in [6.45, 7) is 5.23. The lowest BCUT2D eigenvalue weighted by atomic mass is 10.1. The van der Waals surface area contributed by atoms with E-state index in [1.807, 2.05) is 13.8 Å². The number of aromatic carboxylic acids is 1. The van der Waals surface area contributed by atoms with E-state index in [9.17, 15) is 18.8 Å². The summed E-state index contributed by atoms with van der Waals surface area (Å²) >= 11 is 0. The molecule has 2 unspecified atom stereocenters. The van der Waals surface area contributed by atoms with Crippen molar-refractivity contribution in [1.82, 2.24) is 10.6 Å². The summed E-state index contributed by atoms with van der Waals surface area (Å²) in [5, 5.41) is 13.8. The lowest BCUT2D eigenvalue weighted by molar-refractivity contribution is -0.123. The summed E-state index contributed by atoms with van der Waals surface area (Å²) in [5.74, 6) is -3.38. The highest BCUT2D eigenvalue weighted by Crippen LogP contribution is 2.11. The molecule has 0 aliphatic rings. The first-order valence-electron chi connectivity index (χ1n) is 6.90. The molecule has 0 aliphatic carbocycles. The summed E-state index contributed by atoms with van der Waals surface area (Å²) in [6.07, 6.45) is 0.748. The Bertz CT molecular complexity index is 589. The average molecular weight is 310 g/mol. The van der Waals surface area contributed by atoms with Gasteiger partial charge in [-0.25, -0.2) is 9.18 Å². The molecule has 7 heteroatoms. The molecule has 1 aromatic carbocycles. The number of carbonyl (C=O) groups excluding carboxylic acids is 2. The monoisotopic (exact) mass is 310 g/mol. The maximum absolute atomic E-state index is 13.8. The van der Waals surface area contributed by atoms with Gasteiger partial charge in [-0.15, -0.1) is 0 Å². The fraction of sp³-hybridized carbons (Fsp3) is 0.400. The second kappa shape index (κ2) is 7.53. The van der Waals surface area contributed by atoms with Crippen LogP contribution in [0, 0.1) is 5.82 Å². The van der Waals surface area contributed by atoms with Crippen molar-refractivity contribution in [2.75, 3.05) is 0 Å². The van der Waals surface area contributed by atoms with Gasteiger partial charge in [0.05, 0.1) is 11.1 Å². The van der Waals surface area contributed by atoms with Crippen LogP contribution < -0.4 is 10.6 Å². The Morgan fingerprint density at radius 2 is 1.86 bits per heavy atom. The first-order chi connectivity index (χ1) is 10.3. The molecule has 0 bridgehead atoms. The number of rotatable bonds is 6. The van der Waals surface area contributed by atoms with Crippen molar-refractivity contribution < 1.29 is 23.9 Å². The molecule has 0 spiro atoms. The Labute approximate surface area is 127 Å². The normalized spacial score (nSPS) is 13.1. The van der Waals surface area contributed by atoms with Gasteiger partial charge in [-0.05, 0) is 38.5 Å². The predicted molar refractivity (Wildman–Crippen MR) is 78.2 cm³/mol. The Hall–Kier alpha value is -2.44. The Morgan fingerprint density at radius 3 is 2.36 bits per heavy atom. The largest absolute Gasteiger partial charge is 0.478 e. The summed E-state index contributed by atoms with van der Waals surface area (Å²) in [4.78, 5) is 34.5. The van der Waals surface area contributed by atoms with Gasteiger partial charge in [-0.1, -0.05) is 6.92 Å². The van der Waals surface area contributed by atoms with Crippen molar-refractivity contribution in [3.8, 4) is 0 Å². The number of amides is 2. The second-order valence-corrected chi connectivity index (χ2v) is 5.01. The van der Waals surface area contributed by atoms with Crippen molar-refractivity contribution in [3.05, 3.63) is 35.1 Å². The number of carboxylic acid groups (broad SMARTS) is 1. The molecule has 0 fully saturated rings. The molecule has 22 heavy (non-hydrogen) atoms. The molecular weight excluding hydrogens is 291 g/mol. The van der Waals surface area contributed by atoms with Gasteiger partial charge in [0, 0.05) is 6.04 Å². The number of carboxylic acids is 1. The summed E-state index contributed by atoms with van der Waals surface area (Å²) in [5.41, 5.74) is -0.565. The van der Waals surface area contributed by atoms with Gasteiger partial charge in [0.15, 0.2) is 0 Å². The van der Waals surface area contributed by atoms with Gasteiger partial charge in [-0.3, -0.25) is 9.59 Å². The van der Waals surface area contributed by atoms with Crippen molar-refractivity contribution in [1.29, 1.82) is 0 Å². The van der Waals surface area contributed by atoms with E-state index >= 15 is 0 Å². The highest BCUT2D eigenvalue weighted by molar-refractivity contribution is 5.98. The van der Waals surface area contributed by atoms with Crippen molar-refractivity contribution in [2.45, 2.75) is 39.3 Å². The van der Waals surface area contributed by atoms with E-state index < -0.39 is 23.7 Å². The average Bonchev–Trinajstić information content (AvgIpc) is 2.46. The number of hydrogen-bond acceptors (Lipinski definition) is 3. The third-order valence-corrected chi connectivity index (χ3v) is 3.20. The summed E-state index contributed by atoms with van der Waals surface area (Å²) in [7, 11) is 0. The molecule has 120 valence electrons. The van der Waals surface area contributed by atoms with Gasteiger partial charge in [0.25, 0.3) is 5.91 Å². The van der Waals surface area contributed by atoms with E-state index in [0.29, 0.717) is 0 Å². The van der Waals surface area contributed by atoms with Crippen molar-refractivity contribution in [2.24, 2.45) is 0 Å². The van der Waals surface area contributed by atoms with Crippen LogP contribution in [0.2, 0.25) is 0 Å². The van der Waals surface area contributed by atoms with Gasteiger partial charge in [-0.2, -0.15) is 0 Å². The quantitative estimate of drug-likeness (QED) is 0.743. The van der Waals surface area contributed by atoms with Crippen LogP contribution in [-0.2, 0) is 4.79 Å². The topological polar surface area (TPSA) is 95.5 Å². The smallest absolute Gasteiger partial charge is 0.335 e. The molecule has 0 saturated carbocycles. The van der Waals surface area contributed by atoms with Crippen LogP contribution >= 0.6 is 0 Å². The van der Waals surface area contributed by atoms with E-state index in [0.717, 1.165) is 24.6 Å². The van der Waals surface area contributed by atoms with Crippen LogP contribution in [0.25, 0.3) is 0 Å². The van der Waals surface area contributed by atoms with Gasteiger partial charge in [0.1, 0.15) is 11.9 Å². The minimum atomic E-state index is -1.29. The van der Waals surface area contributed by atoms with Gasteiger partial charge in [0.2, 0.25) is 5.91 Å². The second-order valence-electron chi connectivity index (χ2n) is 5.01. The fourth-order valence-electron chi connectivity index (χ4n) is 1.64. The van der Waals surface area contributed by atoms with Crippen LogP contribution in [0.15, 0.2) is 18.2 Å². The maximum atomic E-state index is 13.8.